The summed E-state index contributed by atoms with van der Waals surface area (Å²) in [5.74, 6) is -0.510. The Kier molecular flexibility index (Phi) is 4.44. The highest BCUT2D eigenvalue weighted by atomic mass is 31.2. The molecule has 1 heterocycles. The number of ether oxygens (including phenoxy) is 1. The maximum Gasteiger partial charge on any atom is 0.337 e. The van der Waals surface area contributed by atoms with Gasteiger partial charge >= 0.3 is 5.97 Å². The van der Waals surface area contributed by atoms with Crippen LogP contribution in [0.2, 0.25) is 0 Å². The van der Waals surface area contributed by atoms with Crippen LogP contribution in [0, 0.1) is 0 Å². The lowest BCUT2D eigenvalue weighted by molar-refractivity contribution is -0.137. The summed E-state index contributed by atoms with van der Waals surface area (Å²) in [6.45, 7) is 1.83. The van der Waals surface area contributed by atoms with Gasteiger partial charge in [0, 0.05) is 11.6 Å². The van der Waals surface area contributed by atoms with Gasteiger partial charge in [-0.05, 0) is 43.3 Å². The smallest absolute Gasteiger partial charge is 0.337 e. The molecule has 128 valence electrons. The summed E-state index contributed by atoms with van der Waals surface area (Å²) in [5.41, 5.74) is 0.683. The molecule has 1 aliphatic heterocycles. The summed E-state index contributed by atoms with van der Waals surface area (Å²) in [6.07, 6.45) is 2.00. The highest BCUT2D eigenvalue weighted by Crippen LogP contribution is 2.61. The molecular formula is C23H20O2P+. The molecular weight excluding hydrogens is 339 g/mol. The van der Waals surface area contributed by atoms with Crippen molar-refractivity contribution in [2.75, 3.05) is 0 Å². The van der Waals surface area contributed by atoms with Crippen LogP contribution in [-0.2, 0) is 9.53 Å². The Morgan fingerprint density at radius 2 is 1.08 bits per heavy atom. The van der Waals surface area contributed by atoms with E-state index < -0.39 is 7.26 Å². The number of hydrogen-bond acceptors (Lipinski definition) is 2. The van der Waals surface area contributed by atoms with Crippen molar-refractivity contribution in [2.24, 2.45) is 0 Å². The average molecular weight is 359 g/mol. The number of hydrogen-bond donors (Lipinski definition) is 0. The van der Waals surface area contributed by atoms with Crippen molar-refractivity contribution in [3.8, 4) is 0 Å². The van der Waals surface area contributed by atoms with Crippen LogP contribution in [0.3, 0.4) is 0 Å². The average Bonchev–Trinajstić information content (AvgIpc) is 3.04. The van der Waals surface area contributed by atoms with Crippen molar-refractivity contribution in [3.63, 3.8) is 0 Å². The predicted octanol–water partition coefficient (Wildman–Crippen LogP) is 3.81. The minimum atomic E-state index is -2.20. The molecule has 1 atom stereocenters. The Bertz CT molecular complexity index is 837. The molecule has 3 aromatic rings. The highest BCUT2D eigenvalue weighted by molar-refractivity contribution is 7.96. The molecule has 0 aromatic heterocycles. The molecule has 1 aliphatic rings. The van der Waals surface area contributed by atoms with Gasteiger partial charge in [0.1, 0.15) is 15.9 Å². The van der Waals surface area contributed by atoms with E-state index in [1.165, 1.54) is 15.9 Å². The molecule has 0 bridgehead atoms. The molecule has 0 radical (unpaired) electrons. The lowest BCUT2D eigenvalue weighted by atomic mass is 10.3. The van der Waals surface area contributed by atoms with Crippen molar-refractivity contribution in [1.82, 2.24) is 0 Å². The van der Waals surface area contributed by atoms with E-state index in [0.717, 1.165) is 0 Å². The highest BCUT2D eigenvalue weighted by Gasteiger charge is 2.55. The van der Waals surface area contributed by atoms with Crippen molar-refractivity contribution in [1.29, 1.82) is 0 Å². The Morgan fingerprint density at radius 3 is 1.38 bits per heavy atom. The summed E-state index contributed by atoms with van der Waals surface area (Å²) >= 11 is 0. The normalized spacial score (nSPS) is 16.9. The van der Waals surface area contributed by atoms with Crippen LogP contribution in [-0.4, -0.2) is 11.8 Å². The van der Waals surface area contributed by atoms with Gasteiger partial charge in [-0.2, -0.15) is 0 Å². The van der Waals surface area contributed by atoms with Crippen molar-refractivity contribution in [2.45, 2.75) is 12.8 Å². The first kappa shape index (κ1) is 16.8. The molecule has 26 heavy (non-hydrogen) atoms. The first-order valence-corrected chi connectivity index (χ1v) is 10.5. The molecule has 3 aromatic carbocycles. The minimum Gasteiger partial charge on any atom is -0.419 e. The van der Waals surface area contributed by atoms with E-state index in [0.29, 0.717) is 5.57 Å². The Balaban J connectivity index is 2.06. The summed E-state index contributed by atoms with van der Waals surface area (Å²) in [5, 5.41) is 3.63. The SMILES string of the molecule is CC1=CC([P+](c2ccccc2)(c2ccccc2)c2ccccc2)OC1=O. The summed E-state index contributed by atoms with van der Waals surface area (Å²) in [4.78, 5) is 12.3. The molecule has 0 fully saturated rings. The lowest BCUT2D eigenvalue weighted by Crippen LogP contribution is -2.38. The van der Waals surface area contributed by atoms with E-state index in [2.05, 4.69) is 72.8 Å². The van der Waals surface area contributed by atoms with Gasteiger partial charge < -0.3 is 4.74 Å². The number of carbonyl (C=O) groups excluding carboxylic acids is 1. The molecule has 0 saturated heterocycles. The van der Waals surface area contributed by atoms with Crippen LogP contribution in [0.4, 0.5) is 0 Å². The quantitative estimate of drug-likeness (QED) is 0.523. The lowest BCUT2D eigenvalue weighted by Gasteiger charge is -2.30. The second-order valence-electron chi connectivity index (χ2n) is 6.37. The van der Waals surface area contributed by atoms with E-state index in [9.17, 15) is 4.79 Å². The fourth-order valence-electron chi connectivity index (χ4n) is 3.59. The molecule has 0 spiro atoms. The van der Waals surface area contributed by atoms with Gasteiger partial charge in [0.05, 0.1) is 0 Å². The zero-order chi connectivity index (χ0) is 18.0. The van der Waals surface area contributed by atoms with Crippen LogP contribution < -0.4 is 15.9 Å². The standard InChI is InChI=1S/C23H20O2P/c1-18-17-22(25-23(18)24)26(19-11-5-2-6-12-19,20-13-7-3-8-14-20)21-15-9-4-10-16-21/h2-17,22H,1H3/q+1. The third kappa shape index (κ3) is 2.67. The maximum atomic E-state index is 12.3. The van der Waals surface area contributed by atoms with Gasteiger partial charge in [0.2, 0.25) is 5.85 Å². The third-order valence-corrected chi connectivity index (χ3v) is 9.17. The van der Waals surface area contributed by atoms with Crippen LogP contribution in [0.5, 0.6) is 0 Å². The molecule has 0 aliphatic carbocycles. The minimum absolute atomic E-state index is 0.220. The van der Waals surface area contributed by atoms with E-state index >= 15 is 0 Å². The molecule has 0 N–H and O–H groups in total. The van der Waals surface area contributed by atoms with E-state index in [1.807, 2.05) is 31.2 Å². The van der Waals surface area contributed by atoms with E-state index in [4.69, 9.17) is 4.74 Å². The number of cyclic esters (lactones) is 1. The fraction of sp³-hybridized carbons (Fsp3) is 0.0870. The summed E-state index contributed by atoms with van der Waals surface area (Å²) < 4.78 is 5.92. The molecule has 1 unspecified atom stereocenters. The zero-order valence-corrected chi connectivity index (χ0v) is 15.5. The summed E-state index contributed by atoms with van der Waals surface area (Å²) in [6, 6.07) is 31.4. The first-order chi connectivity index (χ1) is 12.7. The number of benzene rings is 3. The van der Waals surface area contributed by atoms with Gasteiger partial charge in [0.15, 0.2) is 7.26 Å². The van der Waals surface area contributed by atoms with E-state index in [1.54, 1.807) is 0 Å². The fourth-order valence-corrected chi connectivity index (χ4v) is 7.99. The third-order valence-electron chi connectivity index (χ3n) is 4.81. The number of esters is 1. The topological polar surface area (TPSA) is 26.3 Å². The Labute approximate surface area is 154 Å². The summed E-state index contributed by atoms with van der Waals surface area (Å²) in [7, 11) is -2.20. The largest absolute Gasteiger partial charge is 0.419 e. The molecule has 0 amide bonds. The van der Waals surface area contributed by atoms with Crippen molar-refractivity contribution in [3.05, 3.63) is 103 Å². The van der Waals surface area contributed by atoms with E-state index in [-0.39, 0.29) is 11.8 Å². The van der Waals surface area contributed by atoms with Crippen molar-refractivity contribution < 1.29 is 9.53 Å². The second kappa shape index (κ2) is 6.90. The molecule has 2 nitrogen and oxygen atoms in total. The van der Waals surface area contributed by atoms with Crippen molar-refractivity contribution >= 4 is 29.1 Å². The Morgan fingerprint density at radius 1 is 0.692 bits per heavy atom. The van der Waals surface area contributed by atoms with Crippen LogP contribution >= 0.6 is 7.26 Å². The maximum absolute atomic E-state index is 12.3. The van der Waals surface area contributed by atoms with Gasteiger partial charge in [-0.3, -0.25) is 0 Å². The number of carbonyl (C=O) groups is 1. The van der Waals surface area contributed by atoms with Gasteiger partial charge in [-0.25, -0.2) is 4.79 Å². The van der Waals surface area contributed by atoms with Gasteiger partial charge in [-0.1, -0.05) is 54.6 Å². The molecule has 0 saturated carbocycles. The van der Waals surface area contributed by atoms with Gasteiger partial charge in [0.25, 0.3) is 0 Å². The first-order valence-electron chi connectivity index (χ1n) is 8.68. The van der Waals surface area contributed by atoms with Crippen LogP contribution in [0.15, 0.2) is 103 Å². The predicted molar refractivity (Wildman–Crippen MR) is 109 cm³/mol. The van der Waals surface area contributed by atoms with Crippen LogP contribution in [0.25, 0.3) is 0 Å². The monoisotopic (exact) mass is 359 g/mol. The Hall–Kier alpha value is -2.70. The van der Waals surface area contributed by atoms with Crippen LogP contribution in [0.1, 0.15) is 6.92 Å². The molecule has 3 heteroatoms. The number of rotatable bonds is 4. The second-order valence-corrected chi connectivity index (χ2v) is 9.88. The van der Waals surface area contributed by atoms with Gasteiger partial charge in [-0.15, -0.1) is 0 Å². The zero-order valence-electron chi connectivity index (χ0n) is 14.6. The molecule has 4 rings (SSSR count).